The van der Waals surface area contributed by atoms with Crippen molar-refractivity contribution in [1.82, 2.24) is 0 Å². The summed E-state index contributed by atoms with van der Waals surface area (Å²) >= 11 is 15.3. The zero-order valence-electron chi connectivity index (χ0n) is 15.5. The van der Waals surface area contributed by atoms with Crippen molar-refractivity contribution in [3.8, 4) is 17.6 Å². The summed E-state index contributed by atoms with van der Waals surface area (Å²) in [4.78, 5) is 23.3. The van der Waals surface area contributed by atoms with Gasteiger partial charge in [0.2, 0.25) is 0 Å². The summed E-state index contributed by atoms with van der Waals surface area (Å²) in [7, 11) is 0. The third kappa shape index (κ3) is 6.13. The molecule has 0 aliphatic rings. The van der Waals surface area contributed by atoms with Gasteiger partial charge in [0.25, 0.3) is 5.91 Å². The minimum Gasteiger partial charge on any atom is -0.490 e. The number of nitrogens with zero attached hydrogens (tertiary/aromatic N) is 1. The van der Waals surface area contributed by atoms with Crippen LogP contribution in [0.15, 0.2) is 40.4 Å². The van der Waals surface area contributed by atoms with Gasteiger partial charge in [-0.05, 0) is 42.8 Å². The molecule has 156 valence electrons. The van der Waals surface area contributed by atoms with Crippen LogP contribution in [0.1, 0.15) is 12.5 Å². The van der Waals surface area contributed by atoms with E-state index in [9.17, 15) is 14.9 Å². The van der Waals surface area contributed by atoms with Crippen molar-refractivity contribution in [3.63, 3.8) is 0 Å². The molecule has 0 radical (unpaired) electrons. The van der Waals surface area contributed by atoms with Gasteiger partial charge in [-0.1, -0.05) is 45.2 Å². The molecule has 0 aliphatic carbocycles. The molecule has 0 unspecified atom stereocenters. The zero-order chi connectivity index (χ0) is 22.3. The summed E-state index contributed by atoms with van der Waals surface area (Å²) in [5.74, 6) is -1.35. The van der Waals surface area contributed by atoms with Gasteiger partial charge in [-0.25, -0.2) is 4.79 Å². The summed E-state index contributed by atoms with van der Waals surface area (Å²) < 4.78 is 11.2. The molecule has 2 aromatic rings. The Bertz CT molecular complexity index is 1050. The number of amides is 1. The molecular formula is C20H15BrCl2N2O5. The van der Waals surface area contributed by atoms with Crippen LogP contribution in [0, 0.1) is 11.3 Å². The van der Waals surface area contributed by atoms with Crippen molar-refractivity contribution in [1.29, 1.82) is 5.26 Å². The average molecular weight is 514 g/mol. The standard InChI is InChI=1S/C20H15BrCl2N2O5/c1-2-29-16-7-11(13(21)8-17(16)30-10-18(26)27)6-12(9-24)20(28)25-15-5-3-4-14(22)19(15)23/h3-8H,2,10H2,1H3,(H,25,28)(H,26,27)/b12-6-. The van der Waals surface area contributed by atoms with Gasteiger partial charge < -0.3 is 19.9 Å². The van der Waals surface area contributed by atoms with E-state index in [1.54, 1.807) is 25.1 Å². The summed E-state index contributed by atoms with van der Waals surface area (Å²) in [5, 5.41) is 21.2. The molecule has 2 N–H and O–H groups in total. The van der Waals surface area contributed by atoms with Crippen LogP contribution in [-0.2, 0) is 9.59 Å². The van der Waals surface area contributed by atoms with E-state index in [2.05, 4.69) is 21.2 Å². The van der Waals surface area contributed by atoms with Crippen LogP contribution in [0.25, 0.3) is 6.08 Å². The first-order chi connectivity index (χ1) is 14.3. The van der Waals surface area contributed by atoms with Crippen LogP contribution in [0.2, 0.25) is 10.0 Å². The lowest BCUT2D eigenvalue weighted by atomic mass is 10.1. The smallest absolute Gasteiger partial charge is 0.341 e. The Hall–Kier alpha value is -2.73. The number of hydrogen-bond donors (Lipinski definition) is 2. The molecule has 0 saturated carbocycles. The number of benzene rings is 2. The third-order valence-corrected chi connectivity index (χ3v) is 5.08. The number of halogens is 3. The molecule has 0 fully saturated rings. The monoisotopic (exact) mass is 512 g/mol. The summed E-state index contributed by atoms with van der Waals surface area (Å²) in [5.41, 5.74) is 0.514. The maximum absolute atomic E-state index is 12.5. The second kappa shape index (κ2) is 10.9. The number of nitrogens with one attached hydrogen (secondary N) is 1. The first kappa shape index (κ1) is 23.5. The largest absolute Gasteiger partial charge is 0.490 e. The van der Waals surface area contributed by atoms with E-state index in [1.165, 1.54) is 18.2 Å². The quantitative estimate of drug-likeness (QED) is 0.372. The van der Waals surface area contributed by atoms with Crippen LogP contribution in [-0.4, -0.2) is 30.2 Å². The predicted octanol–water partition coefficient (Wildman–Crippen LogP) is 5.16. The molecule has 30 heavy (non-hydrogen) atoms. The Morgan fingerprint density at radius 3 is 2.60 bits per heavy atom. The number of carboxylic acids is 1. The first-order valence-electron chi connectivity index (χ1n) is 8.44. The summed E-state index contributed by atoms with van der Waals surface area (Å²) in [6, 6.07) is 9.61. The Morgan fingerprint density at radius 1 is 1.27 bits per heavy atom. The van der Waals surface area contributed by atoms with Gasteiger partial charge in [0.1, 0.15) is 11.6 Å². The minimum absolute atomic E-state index is 0.157. The van der Waals surface area contributed by atoms with E-state index in [1.807, 2.05) is 6.07 Å². The SMILES string of the molecule is CCOc1cc(/C=C(/C#N)C(=O)Nc2cccc(Cl)c2Cl)c(Br)cc1OCC(=O)O. The second-order valence-electron chi connectivity index (χ2n) is 5.66. The molecule has 2 aromatic carbocycles. The molecule has 2 rings (SSSR count). The van der Waals surface area contributed by atoms with Gasteiger partial charge in [0.15, 0.2) is 18.1 Å². The fourth-order valence-electron chi connectivity index (χ4n) is 2.28. The highest BCUT2D eigenvalue weighted by molar-refractivity contribution is 9.10. The van der Waals surface area contributed by atoms with Crippen molar-refractivity contribution >= 4 is 62.8 Å². The zero-order valence-corrected chi connectivity index (χ0v) is 18.6. The maximum Gasteiger partial charge on any atom is 0.341 e. The highest BCUT2D eigenvalue weighted by atomic mass is 79.9. The molecule has 0 saturated heterocycles. The third-order valence-electron chi connectivity index (χ3n) is 3.58. The number of carbonyl (C=O) groups is 2. The van der Waals surface area contributed by atoms with Crippen LogP contribution < -0.4 is 14.8 Å². The van der Waals surface area contributed by atoms with Crippen molar-refractivity contribution in [2.45, 2.75) is 6.92 Å². The number of carboxylic acid groups (broad SMARTS) is 1. The summed E-state index contributed by atoms with van der Waals surface area (Å²) in [6.45, 7) is 1.50. The average Bonchev–Trinajstić information content (AvgIpc) is 2.70. The lowest BCUT2D eigenvalue weighted by molar-refractivity contribution is -0.139. The van der Waals surface area contributed by atoms with Crippen LogP contribution in [0.4, 0.5) is 5.69 Å². The molecule has 10 heteroatoms. The number of ether oxygens (including phenoxy) is 2. The van der Waals surface area contributed by atoms with Crippen molar-refractivity contribution in [3.05, 3.63) is 56.0 Å². The van der Waals surface area contributed by atoms with Gasteiger partial charge in [-0.15, -0.1) is 0 Å². The van der Waals surface area contributed by atoms with E-state index in [-0.39, 0.29) is 32.8 Å². The second-order valence-corrected chi connectivity index (χ2v) is 7.30. The molecule has 0 aliphatic heterocycles. The fraction of sp³-hybridized carbons (Fsp3) is 0.150. The van der Waals surface area contributed by atoms with Crippen LogP contribution in [0.3, 0.4) is 0 Å². The van der Waals surface area contributed by atoms with Crippen LogP contribution >= 0.6 is 39.1 Å². The van der Waals surface area contributed by atoms with Gasteiger partial charge in [-0.2, -0.15) is 5.26 Å². The Labute approximate surface area is 190 Å². The number of anilines is 1. The molecule has 0 spiro atoms. The van der Waals surface area contributed by atoms with Crippen LogP contribution in [0.5, 0.6) is 11.5 Å². The van der Waals surface area contributed by atoms with Gasteiger partial charge in [-0.3, -0.25) is 4.79 Å². The molecule has 0 aromatic heterocycles. The molecular weight excluding hydrogens is 499 g/mol. The topological polar surface area (TPSA) is 109 Å². The Morgan fingerprint density at radius 2 is 1.97 bits per heavy atom. The first-order valence-corrected chi connectivity index (χ1v) is 9.99. The predicted molar refractivity (Wildman–Crippen MR) is 117 cm³/mol. The lowest BCUT2D eigenvalue weighted by Gasteiger charge is -2.13. The van der Waals surface area contributed by atoms with Gasteiger partial charge in [0, 0.05) is 4.47 Å². The molecule has 7 nitrogen and oxygen atoms in total. The number of carbonyl (C=O) groups excluding carboxylic acids is 1. The van der Waals surface area contributed by atoms with E-state index in [4.69, 9.17) is 37.8 Å². The highest BCUT2D eigenvalue weighted by Gasteiger charge is 2.16. The Kier molecular flexibility index (Phi) is 8.54. The molecule has 0 bridgehead atoms. The summed E-state index contributed by atoms with van der Waals surface area (Å²) in [6.07, 6.45) is 1.35. The molecule has 1 amide bonds. The van der Waals surface area contributed by atoms with Gasteiger partial charge >= 0.3 is 5.97 Å². The number of aliphatic carboxylic acids is 1. The fourth-order valence-corrected chi connectivity index (χ4v) is 3.06. The van der Waals surface area contributed by atoms with Crippen molar-refractivity contribution in [2.75, 3.05) is 18.5 Å². The molecule has 0 heterocycles. The van der Waals surface area contributed by atoms with Gasteiger partial charge in [0.05, 0.1) is 22.3 Å². The van der Waals surface area contributed by atoms with Crippen molar-refractivity contribution in [2.24, 2.45) is 0 Å². The van der Waals surface area contributed by atoms with E-state index in [0.29, 0.717) is 16.6 Å². The minimum atomic E-state index is -1.14. The number of nitriles is 1. The van der Waals surface area contributed by atoms with E-state index >= 15 is 0 Å². The number of hydrogen-bond acceptors (Lipinski definition) is 5. The lowest BCUT2D eigenvalue weighted by Crippen LogP contribution is -2.14. The van der Waals surface area contributed by atoms with E-state index < -0.39 is 18.5 Å². The highest BCUT2D eigenvalue weighted by Crippen LogP contribution is 2.35. The van der Waals surface area contributed by atoms with E-state index in [0.717, 1.165) is 0 Å². The van der Waals surface area contributed by atoms with Crippen molar-refractivity contribution < 1.29 is 24.2 Å². The normalized spacial score (nSPS) is 10.8. The molecule has 0 atom stereocenters. The number of rotatable bonds is 8. The Balaban J connectivity index is 2.36. The maximum atomic E-state index is 12.5.